The molecule has 0 bridgehead atoms. The second kappa shape index (κ2) is 6.09. The molecule has 0 aromatic heterocycles. The zero-order chi connectivity index (χ0) is 10.6. The first kappa shape index (κ1) is 12.5. The molecule has 0 aromatic rings. The lowest BCUT2D eigenvalue weighted by atomic mass is 10.1. The summed E-state index contributed by atoms with van der Waals surface area (Å²) in [4.78, 5) is 2.58. The van der Waals surface area contributed by atoms with E-state index >= 15 is 0 Å². The number of rotatable bonds is 4. The highest BCUT2D eigenvalue weighted by atomic mass is 79.9. The van der Waals surface area contributed by atoms with Crippen molar-refractivity contribution in [3.05, 3.63) is 0 Å². The second-order valence-electron chi connectivity index (χ2n) is 4.15. The fraction of sp³-hybridized carbons (Fsp3) is 1.00. The Morgan fingerprint density at radius 3 is 2.50 bits per heavy atom. The lowest BCUT2D eigenvalue weighted by Crippen LogP contribution is -2.51. The van der Waals surface area contributed by atoms with Crippen LogP contribution in [0.1, 0.15) is 33.6 Å². The average Bonchev–Trinajstić information content (AvgIpc) is 2.19. The first-order chi connectivity index (χ1) is 6.71. The molecule has 0 aliphatic carbocycles. The molecule has 0 aromatic carbocycles. The van der Waals surface area contributed by atoms with Gasteiger partial charge in [0.05, 0.1) is 12.2 Å². The average molecular weight is 264 g/mol. The SMILES string of the molecule is CCC(CC)N1CC(C)OC(CBr)C1. The number of hydrogen-bond donors (Lipinski definition) is 0. The standard InChI is InChI=1S/C11H22BrNO/c1-4-10(5-2)13-7-9(3)14-11(6-12)8-13/h9-11H,4-8H2,1-3H3. The summed E-state index contributed by atoms with van der Waals surface area (Å²) in [5, 5.41) is 0.952. The van der Waals surface area contributed by atoms with E-state index in [1.54, 1.807) is 0 Å². The number of halogens is 1. The maximum absolute atomic E-state index is 5.82. The van der Waals surface area contributed by atoms with Crippen LogP contribution in [0.2, 0.25) is 0 Å². The molecule has 84 valence electrons. The first-order valence-electron chi connectivity index (χ1n) is 5.66. The molecule has 1 saturated heterocycles. The fourth-order valence-corrected chi connectivity index (χ4v) is 2.63. The predicted octanol–water partition coefficient (Wildman–Crippen LogP) is 2.66. The Hall–Kier alpha value is 0.400. The van der Waals surface area contributed by atoms with Crippen molar-refractivity contribution in [1.82, 2.24) is 4.90 Å². The van der Waals surface area contributed by atoms with Gasteiger partial charge in [-0.1, -0.05) is 29.8 Å². The molecule has 1 heterocycles. The Kier molecular flexibility index (Phi) is 5.42. The van der Waals surface area contributed by atoms with Gasteiger partial charge in [0, 0.05) is 24.5 Å². The van der Waals surface area contributed by atoms with Gasteiger partial charge in [-0.25, -0.2) is 0 Å². The minimum absolute atomic E-state index is 0.374. The Balaban J connectivity index is 2.51. The van der Waals surface area contributed by atoms with Gasteiger partial charge in [0.15, 0.2) is 0 Å². The van der Waals surface area contributed by atoms with Gasteiger partial charge in [-0.05, 0) is 19.8 Å². The summed E-state index contributed by atoms with van der Waals surface area (Å²) in [6, 6.07) is 0.739. The molecular weight excluding hydrogens is 242 g/mol. The van der Waals surface area contributed by atoms with Crippen LogP contribution in [0.4, 0.5) is 0 Å². The van der Waals surface area contributed by atoms with Gasteiger partial charge in [0.25, 0.3) is 0 Å². The lowest BCUT2D eigenvalue weighted by molar-refractivity contribution is -0.0785. The molecule has 2 nitrogen and oxygen atoms in total. The van der Waals surface area contributed by atoms with E-state index in [4.69, 9.17) is 4.74 Å². The lowest BCUT2D eigenvalue weighted by Gasteiger charge is -2.40. The molecule has 0 amide bonds. The Morgan fingerprint density at radius 2 is 2.00 bits per heavy atom. The second-order valence-corrected chi connectivity index (χ2v) is 4.79. The van der Waals surface area contributed by atoms with Crippen molar-refractivity contribution in [2.24, 2.45) is 0 Å². The molecule has 2 atom stereocenters. The van der Waals surface area contributed by atoms with Crippen LogP contribution >= 0.6 is 15.9 Å². The Bertz CT molecular complexity index is 161. The number of alkyl halides is 1. The molecule has 0 N–H and O–H groups in total. The van der Waals surface area contributed by atoms with Gasteiger partial charge in [0.1, 0.15) is 0 Å². The maximum Gasteiger partial charge on any atom is 0.0802 e. The maximum atomic E-state index is 5.82. The highest BCUT2D eigenvalue weighted by Crippen LogP contribution is 2.18. The van der Waals surface area contributed by atoms with Crippen molar-refractivity contribution in [1.29, 1.82) is 0 Å². The molecule has 14 heavy (non-hydrogen) atoms. The van der Waals surface area contributed by atoms with Crippen LogP contribution in [0.15, 0.2) is 0 Å². The van der Waals surface area contributed by atoms with Crippen LogP contribution in [0.5, 0.6) is 0 Å². The number of morpholine rings is 1. The van der Waals surface area contributed by atoms with Crippen molar-refractivity contribution in [2.75, 3.05) is 18.4 Å². The van der Waals surface area contributed by atoms with Gasteiger partial charge in [0.2, 0.25) is 0 Å². The van der Waals surface area contributed by atoms with E-state index in [1.165, 1.54) is 12.8 Å². The molecule has 1 aliphatic rings. The van der Waals surface area contributed by atoms with Crippen molar-refractivity contribution < 1.29 is 4.74 Å². The van der Waals surface area contributed by atoms with E-state index in [1.807, 2.05) is 0 Å². The highest BCUT2D eigenvalue weighted by molar-refractivity contribution is 9.09. The smallest absolute Gasteiger partial charge is 0.0802 e. The van der Waals surface area contributed by atoms with E-state index in [2.05, 4.69) is 41.6 Å². The van der Waals surface area contributed by atoms with E-state index in [9.17, 15) is 0 Å². The summed E-state index contributed by atoms with van der Waals surface area (Å²) in [7, 11) is 0. The summed E-state index contributed by atoms with van der Waals surface area (Å²) in [5.41, 5.74) is 0. The molecule has 2 unspecified atom stereocenters. The quantitative estimate of drug-likeness (QED) is 0.724. The van der Waals surface area contributed by atoms with Crippen molar-refractivity contribution in [2.45, 2.75) is 51.9 Å². The molecule has 3 heteroatoms. The zero-order valence-corrected chi connectivity index (χ0v) is 11.1. The molecule has 1 aliphatic heterocycles. The molecule has 0 radical (unpaired) electrons. The molecular formula is C11H22BrNO. The van der Waals surface area contributed by atoms with Crippen molar-refractivity contribution in [3.63, 3.8) is 0 Å². The summed E-state index contributed by atoms with van der Waals surface area (Å²) < 4.78 is 5.82. The van der Waals surface area contributed by atoms with Crippen molar-refractivity contribution in [3.8, 4) is 0 Å². The van der Waals surface area contributed by atoms with E-state index in [0.717, 1.165) is 24.5 Å². The predicted molar refractivity (Wildman–Crippen MR) is 64.1 cm³/mol. The number of ether oxygens (including phenoxy) is 1. The Morgan fingerprint density at radius 1 is 1.36 bits per heavy atom. The van der Waals surface area contributed by atoms with E-state index in [0.29, 0.717) is 12.2 Å². The zero-order valence-electron chi connectivity index (χ0n) is 9.50. The van der Waals surface area contributed by atoms with Crippen LogP contribution in [0.3, 0.4) is 0 Å². The van der Waals surface area contributed by atoms with Crippen LogP contribution in [-0.4, -0.2) is 41.6 Å². The van der Waals surface area contributed by atoms with Crippen molar-refractivity contribution >= 4 is 15.9 Å². The third kappa shape index (κ3) is 3.21. The largest absolute Gasteiger partial charge is 0.372 e. The summed E-state index contributed by atoms with van der Waals surface area (Å²) >= 11 is 3.51. The van der Waals surface area contributed by atoms with E-state index < -0.39 is 0 Å². The van der Waals surface area contributed by atoms with E-state index in [-0.39, 0.29) is 0 Å². The topological polar surface area (TPSA) is 12.5 Å². The first-order valence-corrected chi connectivity index (χ1v) is 6.78. The number of nitrogens with zero attached hydrogens (tertiary/aromatic N) is 1. The van der Waals surface area contributed by atoms with Crippen LogP contribution in [0, 0.1) is 0 Å². The monoisotopic (exact) mass is 263 g/mol. The number of hydrogen-bond acceptors (Lipinski definition) is 2. The summed E-state index contributed by atoms with van der Waals surface area (Å²) in [6.07, 6.45) is 3.25. The summed E-state index contributed by atoms with van der Waals surface area (Å²) in [5.74, 6) is 0. The molecule has 1 fully saturated rings. The minimum atomic E-state index is 0.374. The molecule has 1 rings (SSSR count). The molecule has 0 spiro atoms. The fourth-order valence-electron chi connectivity index (χ4n) is 2.27. The normalized spacial score (nSPS) is 29.8. The Labute approximate surface area is 96.1 Å². The van der Waals surface area contributed by atoms with Gasteiger partial charge in [-0.2, -0.15) is 0 Å². The third-order valence-corrected chi connectivity index (χ3v) is 3.71. The minimum Gasteiger partial charge on any atom is -0.372 e. The van der Waals surface area contributed by atoms with Gasteiger partial charge in [-0.3, -0.25) is 4.90 Å². The summed E-state index contributed by atoms with van der Waals surface area (Å²) in [6.45, 7) is 8.90. The van der Waals surface area contributed by atoms with Gasteiger partial charge < -0.3 is 4.74 Å². The van der Waals surface area contributed by atoms with Crippen LogP contribution in [0.25, 0.3) is 0 Å². The molecule has 0 saturated carbocycles. The van der Waals surface area contributed by atoms with Crippen LogP contribution < -0.4 is 0 Å². The van der Waals surface area contributed by atoms with Crippen LogP contribution in [-0.2, 0) is 4.74 Å². The highest BCUT2D eigenvalue weighted by Gasteiger charge is 2.27. The van der Waals surface area contributed by atoms with Gasteiger partial charge in [-0.15, -0.1) is 0 Å². The third-order valence-electron chi connectivity index (χ3n) is 2.99. The van der Waals surface area contributed by atoms with Gasteiger partial charge >= 0.3 is 0 Å².